The van der Waals surface area contributed by atoms with Crippen molar-refractivity contribution in [2.75, 3.05) is 43.5 Å². The largest absolute Gasteiger partial charge is 0.489 e. The lowest BCUT2D eigenvalue weighted by Crippen LogP contribution is -2.43. The molecule has 3 aliphatic rings. The summed E-state index contributed by atoms with van der Waals surface area (Å²) in [5.41, 5.74) is 6.37. The van der Waals surface area contributed by atoms with Crippen LogP contribution in [0.4, 0.5) is 34.1 Å². The minimum Gasteiger partial charge on any atom is -0.489 e. The molecule has 2 N–H and O–H groups in total. The first-order chi connectivity index (χ1) is 22.1. The van der Waals surface area contributed by atoms with E-state index in [1.54, 1.807) is 0 Å². The van der Waals surface area contributed by atoms with Crippen LogP contribution in [0.1, 0.15) is 19.3 Å². The maximum atomic E-state index is 17.0. The fourth-order valence-electron chi connectivity index (χ4n) is 7.00. The van der Waals surface area contributed by atoms with Crippen LogP contribution in [-0.4, -0.2) is 65.7 Å². The van der Waals surface area contributed by atoms with Crippen LogP contribution >= 0.6 is 22.9 Å². The van der Waals surface area contributed by atoms with Gasteiger partial charge in [-0.15, -0.1) is 17.9 Å². The normalized spacial score (nSPS) is 21.1. The predicted molar refractivity (Wildman–Crippen MR) is 172 cm³/mol. The van der Waals surface area contributed by atoms with Gasteiger partial charge in [0.2, 0.25) is 5.69 Å². The standard InChI is InChI=1S/C32H27ClF4N6O2S/c1-4-16-13-44-27-22-25(24(37)20(23(27)33)17-6-7-18(34)28-21(17)26(39-3)29(38)46-28)40-31(41-30(22)43(16)12-19(35)36)45-14-32-8-5-9-42(32)11-15(2)10-32/h4,6-7,16,19H,1-2,5,8-14,38H2/t16-,32+/m1/s1. The number of rotatable bonds is 7. The fraction of sp³-hybridized carbons (Fsp3) is 0.344. The number of benzene rings is 2. The van der Waals surface area contributed by atoms with Crippen molar-refractivity contribution in [3.05, 3.63) is 65.0 Å². The number of halogens is 5. The third-order valence-electron chi connectivity index (χ3n) is 9.00. The number of alkyl halides is 2. The Morgan fingerprint density at radius 2 is 2.11 bits per heavy atom. The SMILES string of the molecule is [C-]#[N+]c1c(N)sc2c(F)ccc(-c3c(Cl)c4c5c(nc(OC[C@@]67CCCN6CC(=C)C7)nc5c3F)N(CC(F)F)[C@H](C=C)CO4)c12. The summed E-state index contributed by atoms with van der Waals surface area (Å²) >= 11 is 7.76. The number of anilines is 2. The first-order valence-electron chi connectivity index (χ1n) is 14.5. The highest BCUT2D eigenvalue weighted by Crippen LogP contribution is 2.53. The number of ether oxygens (including phenoxy) is 2. The van der Waals surface area contributed by atoms with Gasteiger partial charge in [-0.05, 0) is 37.4 Å². The summed E-state index contributed by atoms with van der Waals surface area (Å²) in [6.07, 6.45) is 1.22. The summed E-state index contributed by atoms with van der Waals surface area (Å²) in [6, 6.07) is 1.45. The Morgan fingerprint density at radius 3 is 2.85 bits per heavy atom. The van der Waals surface area contributed by atoms with E-state index in [1.807, 2.05) is 0 Å². The number of hydrogen-bond acceptors (Lipinski definition) is 8. The Balaban J connectivity index is 1.48. The topological polar surface area (TPSA) is 81.1 Å². The second kappa shape index (κ2) is 11.3. The zero-order valence-corrected chi connectivity index (χ0v) is 26.0. The minimum absolute atomic E-state index is 0.0212. The molecule has 7 rings (SSSR count). The molecule has 4 aromatic rings. The third-order valence-corrected chi connectivity index (χ3v) is 10.4. The summed E-state index contributed by atoms with van der Waals surface area (Å²) in [4.78, 5) is 16.1. The van der Waals surface area contributed by atoms with Crippen LogP contribution in [-0.2, 0) is 0 Å². The molecule has 0 radical (unpaired) electrons. The average Bonchev–Trinajstić information content (AvgIpc) is 3.63. The molecule has 2 saturated heterocycles. The molecule has 0 bridgehead atoms. The lowest BCUT2D eigenvalue weighted by molar-refractivity contribution is 0.108. The zero-order valence-electron chi connectivity index (χ0n) is 24.4. The molecular weight excluding hydrogens is 644 g/mol. The van der Waals surface area contributed by atoms with Crippen molar-refractivity contribution in [3.63, 3.8) is 0 Å². The van der Waals surface area contributed by atoms with Gasteiger partial charge in [-0.1, -0.05) is 35.9 Å². The van der Waals surface area contributed by atoms with E-state index in [0.29, 0.717) is 0 Å². The lowest BCUT2D eigenvalue weighted by Gasteiger charge is -2.31. The predicted octanol–water partition coefficient (Wildman–Crippen LogP) is 7.77. The molecule has 2 atom stereocenters. The number of thiophene rings is 1. The second-order valence-electron chi connectivity index (χ2n) is 11.7. The molecular formula is C32H27ClF4N6O2S. The van der Waals surface area contributed by atoms with E-state index >= 15 is 4.39 Å². The molecule has 0 aliphatic carbocycles. The molecule has 2 fully saturated rings. The van der Waals surface area contributed by atoms with Crippen molar-refractivity contribution in [1.82, 2.24) is 14.9 Å². The molecule has 0 spiro atoms. The van der Waals surface area contributed by atoms with Crippen molar-refractivity contribution in [1.29, 1.82) is 0 Å². The van der Waals surface area contributed by atoms with E-state index in [0.717, 1.165) is 55.3 Å². The number of aromatic nitrogens is 2. The summed E-state index contributed by atoms with van der Waals surface area (Å²) in [6.45, 7) is 16.5. The zero-order chi connectivity index (χ0) is 32.5. The Bertz CT molecular complexity index is 2000. The van der Waals surface area contributed by atoms with Crippen molar-refractivity contribution >= 4 is 60.4 Å². The van der Waals surface area contributed by atoms with Crippen LogP contribution in [0.2, 0.25) is 5.02 Å². The van der Waals surface area contributed by atoms with Crippen LogP contribution in [0, 0.1) is 18.2 Å². The van der Waals surface area contributed by atoms with Gasteiger partial charge >= 0.3 is 6.01 Å². The number of nitrogens with zero attached hydrogens (tertiary/aromatic N) is 5. The number of nitrogen functional groups attached to an aromatic ring is 1. The quantitative estimate of drug-likeness (QED) is 0.122. The molecule has 2 aromatic carbocycles. The highest BCUT2D eigenvalue weighted by Gasteiger charge is 2.47. The Labute approximate surface area is 270 Å². The van der Waals surface area contributed by atoms with Crippen molar-refractivity contribution in [2.24, 2.45) is 0 Å². The molecule has 0 saturated carbocycles. The van der Waals surface area contributed by atoms with Crippen molar-refractivity contribution in [2.45, 2.75) is 37.3 Å². The fourth-order valence-corrected chi connectivity index (χ4v) is 8.27. The van der Waals surface area contributed by atoms with Gasteiger partial charge in [0, 0.05) is 17.5 Å². The second-order valence-corrected chi connectivity index (χ2v) is 13.2. The van der Waals surface area contributed by atoms with Crippen LogP contribution in [0.5, 0.6) is 11.8 Å². The Kier molecular flexibility index (Phi) is 7.49. The average molecular weight is 671 g/mol. The van der Waals surface area contributed by atoms with Gasteiger partial charge in [0.25, 0.3) is 6.43 Å². The van der Waals surface area contributed by atoms with Crippen LogP contribution in [0.25, 0.3) is 37.0 Å². The summed E-state index contributed by atoms with van der Waals surface area (Å²) in [7, 11) is 0. The summed E-state index contributed by atoms with van der Waals surface area (Å²) in [5, 5.41) is -0.0833. The molecule has 8 nitrogen and oxygen atoms in total. The molecule has 14 heteroatoms. The summed E-state index contributed by atoms with van der Waals surface area (Å²) < 4.78 is 72.2. The van der Waals surface area contributed by atoms with Gasteiger partial charge in [-0.25, -0.2) is 22.4 Å². The van der Waals surface area contributed by atoms with E-state index in [-0.39, 0.29) is 84.2 Å². The third kappa shape index (κ3) is 4.65. The van der Waals surface area contributed by atoms with E-state index in [1.165, 1.54) is 17.0 Å². The van der Waals surface area contributed by atoms with E-state index in [9.17, 15) is 13.2 Å². The Morgan fingerprint density at radius 1 is 1.30 bits per heavy atom. The van der Waals surface area contributed by atoms with Crippen molar-refractivity contribution in [3.8, 4) is 22.9 Å². The lowest BCUT2D eigenvalue weighted by atomic mass is 9.94. The van der Waals surface area contributed by atoms with Crippen molar-refractivity contribution < 1.29 is 27.0 Å². The molecule has 0 amide bonds. The number of nitrogens with two attached hydrogens (primary N) is 1. The maximum absolute atomic E-state index is 17.0. The highest BCUT2D eigenvalue weighted by molar-refractivity contribution is 7.23. The van der Waals surface area contributed by atoms with Gasteiger partial charge in [-0.2, -0.15) is 9.97 Å². The smallest absolute Gasteiger partial charge is 0.319 e. The molecule has 238 valence electrons. The first-order valence-corrected chi connectivity index (χ1v) is 15.7. The van der Waals surface area contributed by atoms with E-state index < -0.39 is 30.6 Å². The minimum atomic E-state index is -2.78. The number of fused-ring (bicyclic) bond motifs is 2. The molecule has 46 heavy (non-hydrogen) atoms. The van der Waals surface area contributed by atoms with Gasteiger partial charge in [0.05, 0.1) is 44.8 Å². The molecule has 3 aliphatic heterocycles. The molecule has 0 unspecified atom stereocenters. The monoisotopic (exact) mass is 670 g/mol. The van der Waals surface area contributed by atoms with Crippen LogP contribution in [0.15, 0.2) is 36.9 Å². The van der Waals surface area contributed by atoms with E-state index in [2.05, 4.69) is 32.9 Å². The first kappa shape index (κ1) is 30.5. The molecule has 2 aromatic heterocycles. The van der Waals surface area contributed by atoms with Crippen LogP contribution < -0.4 is 20.1 Å². The van der Waals surface area contributed by atoms with Gasteiger partial charge in [-0.3, -0.25) is 4.90 Å². The Hall–Kier alpha value is -4.12. The van der Waals surface area contributed by atoms with Gasteiger partial charge < -0.3 is 20.1 Å². The van der Waals surface area contributed by atoms with Gasteiger partial charge in [0.15, 0.2) is 11.6 Å². The van der Waals surface area contributed by atoms with Crippen LogP contribution in [0.3, 0.4) is 0 Å². The maximum Gasteiger partial charge on any atom is 0.319 e. The summed E-state index contributed by atoms with van der Waals surface area (Å²) in [5.74, 6) is -1.68. The highest BCUT2D eigenvalue weighted by atomic mass is 35.5. The van der Waals surface area contributed by atoms with E-state index in [4.69, 9.17) is 33.4 Å². The van der Waals surface area contributed by atoms with Gasteiger partial charge in [0.1, 0.15) is 30.4 Å². The molecule has 5 heterocycles. The number of hydrogen-bond donors (Lipinski definition) is 1.